The van der Waals surface area contributed by atoms with E-state index >= 15 is 0 Å². The standard InChI is InChI=1S/C12H8ClN3O3/c13-9-5-1-4-8(15-9)11(17)16-10-7(12(18)19)3-2-6-14-10/h1-6H,(H,18,19)(H,14,16,17). The number of aromatic carboxylic acids is 1. The Kier molecular flexibility index (Phi) is 3.72. The van der Waals surface area contributed by atoms with E-state index in [4.69, 9.17) is 16.7 Å². The summed E-state index contributed by atoms with van der Waals surface area (Å²) in [5, 5.41) is 11.5. The number of carboxylic acids is 1. The molecule has 96 valence electrons. The van der Waals surface area contributed by atoms with Crippen molar-refractivity contribution in [3.8, 4) is 0 Å². The molecule has 0 unspecified atom stereocenters. The van der Waals surface area contributed by atoms with E-state index in [1.165, 1.54) is 30.5 Å². The zero-order chi connectivity index (χ0) is 13.8. The Labute approximate surface area is 113 Å². The largest absolute Gasteiger partial charge is 0.478 e. The highest BCUT2D eigenvalue weighted by atomic mass is 35.5. The van der Waals surface area contributed by atoms with Crippen molar-refractivity contribution in [1.29, 1.82) is 0 Å². The van der Waals surface area contributed by atoms with Gasteiger partial charge in [0.1, 0.15) is 22.2 Å². The van der Waals surface area contributed by atoms with E-state index < -0.39 is 11.9 Å². The van der Waals surface area contributed by atoms with Gasteiger partial charge >= 0.3 is 5.97 Å². The maximum Gasteiger partial charge on any atom is 0.339 e. The van der Waals surface area contributed by atoms with Crippen molar-refractivity contribution in [2.75, 3.05) is 5.32 Å². The molecule has 2 aromatic rings. The van der Waals surface area contributed by atoms with Crippen LogP contribution in [0.5, 0.6) is 0 Å². The molecule has 19 heavy (non-hydrogen) atoms. The number of anilines is 1. The molecule has 2 rings (SSSR count). The lowest BCUT2D eigenvalue weighted by Gasteiger charge is -2.06. The summed E-state index contributed by atoms with van der Waals surface area (Å²) in [6.07, 6.45) is 1.38. The summed E-state index contributed by atoms with van der Waals surface area (Å²) >= 11 is 5.67. The Morgan fingerprint density at radius 3 is 2.68 bits per heavy atom. The lowest BCUT2D eigenvalue weighted by atomic mass is 10.2. The highest BCUT2D eigenvalue weighted by Crippen LogP contribution is 2.13. The smallest absolute Gasteiger partial charge is 0.339 e. The summed E-state index contributed by atoms with van der Waals surface area (Å²) in [4.78, 5) is 30.5. The Bertz CT molecular complexity index is 646. The number of halogens is 1. The van der Waals surface area contributed by atoms with Gasteiger partial charge in [0, 0.05) is 6.20 Å². The van der Waals surface area contributed by atoms with Gasteiger partial charge in [-0.15, -0.1) is 0 Å². The maximum atomic E-state index is 11.9. The summed E-state index contributed by atoms with van der Waals surface area (Å²) in [5.74, 6) is -1.80. The van der Waals surface area contributed by atoms with Crippen molar-refractivity contribution in [1.82, 2.24) is 9.97 Å². The van der Waals surface area contributed by atoms with Crippen LogP contribution in [0, 0.1) is 0 Å². The van der Waals surface area contributed by atoms with E-state index in [-0.39, 0.29) is 22.2 Å². The van der Waals surface area contributed by atoms with Crippen LogP contribution >= 0.6 is 11.6 Å². The van der Waals surface area contributed by atoms with Crippen molar-refractivity contribution in [3.63, 3.8) is 0 Å². The molecule has 0 aliphatic rings. The summed E-state index contributed by atoms with van der Waals surface area (Å²) in [7, 11) is 0. The van der Waals surface area contributed by atoms with Crippen LogP contribution in [0.1, 0.15) is 20.8 Å². The molecule has 0 radical (unpaired) electrons. The topological polar surface area (TPSA) is 92.2 Å². The van der Waals surface area contributed by atoms with E-state index in [2.05, 4.69) is 15.3 Å². The molecule has 1 amide bonds. The Morgan fingerprint density at radius 1 is 1.21 bits per heavy atom. The molecule has 0 saturated heterocycles. The minimum absolute atomic E-state index is 0.0400. The number of nitrogens with zero attached hydrogens (tertiary/aromatic N) is 2. The van der Waals surface area contributed by atoms with Crippen LogP contribution < -0.4 is 5.32 Å². The molecule has 0 spiro atoms. The molecule has 2 aromatic heterocycles. The maximum absolute atomic E-state index is 11.9. The van der Waals surface area contributed by atoms with Crippen LogP contribution in [0.2, 0.25) is 5.15 Å². The predicted octanol–water partition coefficient (Wildman–Crippen LogP) is 2.08. The van der Waals surface area contributed by atoms with Gasteiger partial charge in [0.2, 0.25) is 0 Å². The van der Waals surface area contributed by atoms with Gasteiger partial charge in [0.05, 0.1) is 0 Å². The van der Waals surface area contributed by atoms with Gasteiger partial charge in [-0.05, 0) is 24.3 Å². The van der Waals surface area contributed by atoms with Crippen LogP contribution in [0.4, 0.5) is 5.82 Å². The molecule has 0 fully saturated rings. The number of amides is 1. The third-order valence-electron chi connectivity index (χ3n) is 2.22. The van der Waals surface area contributed by atoms with E-state index in [0.717, 1.165) is 0 Å². The second kappa shape index (κ2) is 5.45. The van der Waals surface area contributed by atoms with Gasteiger partial charge in [0.25, 0.3) is 5.91 Å². The second-order valence-electron chi connectivity index (χ2n) is 3.50. The molecule has 6 nitrogen and oxygen atoms in total. The molecule has 0 aromatic carbocycles. The molecular weight excluding hydrogens is 270 g/mol. The fraction of sp³-hybridized carbons (Fsp3) is 0. The van der Waals surface area contributed by atoms with E-state index in [0.29, 0.717) is 0 Å². The third-order valence-corrected chi connectivity index (χ3v) is 2.43. The predicted molar refractivity (Wildman–Crippen MR) is 68.4 cm³/mol. The fourth-order valence-electron chi connectivity index (χ4n) is 1.38. The van der Waals surface area contributed by atoms with Gasteiger partial charge in [-0.2, -0.15) is 0 Å². The average Bonchev–Trinajstić information content (AvgIpc) is 2.39. The molecule has 0 aliphatic carbocycles. The normalized spacial score (nSPS) is 9.95. The molecule has 2 heterocycles. The van der Waals surface area contributed by atoms with Crippen LogP contribution in [0.3, 0.4) is 0 Å². The molecular formula is C12H8ClN3O3. The number of carbonyl (C=O) groups excluding carboxylic acids is 1. The number of pyridine rings is 2. The second-order valence-corrected chi connectivity index (χ2v) is 3.89. The van der Waals surface area contributed by atoms with Crippen molar-refractivity contribution in [2.45, 2.75) is 0 Å². The van der Waals surface area contributed by atoms with Crippen molar-refractivity contribution < 1.29 is 14.7 Å². The van der Waals surface area contributed by atoms with Gasteiger partial charge in [-0.1, -0.05) is 17.7 Å². The molecule has 0 saturated carbocycles. The van der Waals surface area contributed by atoms with E-state index in [1.54, 1.807) is 6.07 Å². The number of carboxylic acid groups (broad SMARTS) is 1. The minimum Gasteiger partial charge on any atom is -0.478 e. The third kappa shape index (κ3) is 3.05. The molecule has 2 N–H and O–H groups in total. The van der Waals surface area contributed by atoms with Crippen LogP contribution in [0.15, 0.2) is 36.5 Å². The summed E-state index contributed by atoms with van der Waals surface area (Å²) in [5.41, 5.74) is -0.0210. The SMILES string of the molecule is O=C(Nc1ncccc1C(=O)O)c1cccc(Cl)n1. The zero-order valence-electron chi connectivity index (χ0n) is 9.50. The monoisotopic (exact) mass is 277 g/mol. The van der Waals surface area contributed by atoms with Crippen LogP contribution in [0.25, 0.3) is 0 Å². The molecule has 0 bridgehead atoms. The highest BCUT2D eigenvalue weighted by molar-refractivity contribution is 6.29. The van der Waals surface area contributed by atoms with Crippen LogP contribution in [-0.4, -0.2) is 27.0 Å². The number of nitrogens with one attached hydrogen (secondary N) is 1. The molecule has 7 heteroatoms. The lowest BCUT2D eigenvalue weighted by molar-refractivity contribution is 0.0697. The summed E-state index contributed by atoms with van der Waals surface area (Å²) in [6, 6.07) is 7.38. The van der Waals surface area contributed by atoms with Crippen molar-refractivity contribution in [2.24, 2.45) is 0 Å². The first-order valence-corrected chi connectivity index (χ1v) is 5.58. The van der Waals surface area contributed by atoms with Crippen molar-refractivity contribution >= 4 is 29.3 Å². The van der Waals surface area contributed by atoms with Gasteiger partial charge < -0.3 is 10.4 Å². The molecule has 0 atom stereocenters. The van der Waals surface area contributed by atoms with Gasteiger partial charge in [0.15, 0.2) is 0 Å². The summed E-state index contributed by atoms with van der Waals surface area (Å²) in [6.45, 7) is 0. The number of carbonyl (C=O) groups is 2. The van der Waals surface area contributed by atoms with Crippen LogP contribution in [-0.2, 0) is 0 Å². The first-order valence-electron chi connectivity index (χ1n) is 5.20. The Hall–Kier alpha value is -2.47. The number of hydrogen-bond acceptors (Lipinski definition) is 4. The Balaban J connectivity index is 2.27. The van der Waals surface area contributed by atoms with Gasteiger partial charge in [-0.3, -0.25) is 4.79 Å². The van der Waals surface area contributed by atoms with Crippen molar-refractivity contribution in [3.05, 3.63) is 52.9 Å². The zero-order valence-corrected chi connectivity index (χ0v) is 10.3. The lowest BCUT2D eigenvalue weighted by Crippen LogP contribution is -2.17. The minimum atomic E-state index is -1.18. The number of rotatable bonds is 3. The Morgan fingerprint density at radius 2 is 2.00 bits per heavy atom. The van der Waals surface area contributed by atoms with E-state index in [1.807, 2.05) is 0 Å². The first kappa shape index (κ1) is 13.0. The summed E-state index contributed by atoms with van der Waals surface area (Å²) < 4.78 is 0. The highest BCUT2D eigenvalue weighted by Gasteiger charge is 2.15. The quantitative estimate of drug-likeness (QED) is 0.838. The fourth-order valence-corrected chi connectivity index (χ4v) is 1.55. The number of hydrogen-bond donors (Lipinski definition) is 2. The first-order chi connectivity index (χ1) is 9.08. The number of aromatic nitrogens is 2. The van der Waals surface area contributed by atoms with E-state index in [9.17, 15) is 9.59 Å². The average molecular weight is 278 g/mol. The van der Waals surface area contributed by atoms with Gasteiger partial charge in [-0.25, -0.2) is 14.8 Å². The molecule has 0 aliphatic heterocycles.